The van der Waals surface area contributed by atoms with E-state index >= 15 is 0 Å². The fourth-order valence-electron chi connectivity index (χ4n) is 1.86. The van der Waals surface area contributed by atoms with Crippen molar-refractivity contribution in [3.63, 3.8) is 0 Å². The predicted octanol–water partition coefficient (Wildman–Crippen LogP) is 2.58. The van der Waals surface area contributed by atoms with E-state index in [4.69, 9.17) is 11.6 Å². The number of nitrogens with zero attached hydrogens (tertiary/aromatic N) is 2. The van der Waals surface area contributed by atoms with Crippen LogP contribution in [0.3, 0.4) is 0 Å². The molecule has 0 aliphatic carbocycles. The Balaban J connectivity index is 1.94. The number of hydrogen-bond donors (Lipinski definition) is 2. The third kappa shape index (κ3) is 2.37. The molecule has 1 aliphatic heterocycles. The van der Waals surface area contributed by atoms with Crippen molar-refractivity contribution in [3.8, 4) is 0 Å². The normalized spacial score (nSPS) is 16.9. The molecule has 0 saturated heterocycles. The van der Waals surface area contributed by atoms with E-state index in [2.05, 4.69) is 15.3 Å². The maximum Gasteiger partial charge on any atom is 0.257 e. The van der Waals surface area contributed by atoms with Gasteiger partial charge < -0.3 is 10.4 Å². The van der Waals surface area contributed by atoms with Crippen LogP contribution in [0.1, 0.15) is 17.2 Å². The quantitative estimate of drug-likeness (QED) is 0.834. The molecule has 20 heavy (non-hydrogen) atoms. The highest BCUT2D eigenvalue weighted by Gasteiger charge is 2.29. The molecule has 2 N–H and O–H groups in total. The van der Waals surface area contributed by atoms with E-state index in [-0.39, 0.29) is 0 Å². The molecule has 1 aromatic carbocycles. The van der Waals surface area contributed by atoms with E-state index in [0.717, 1.165) is 10.5 Å². The summed E-state index contributed by atoms with van der Waals surface area (Å²) in [5.41, 5.74) is 2.04. The van der Waals surface area contributed by atoms with Crippen LogP contribution >= 0.6 is 23.4 Å². The maximum absolute atomic E-state index is 11.4. The molecule has 0 bridgehead atoms. The first kappa shape index (κ1) is 13.4. The Bertz CT molecular complexity index is 691. The van der Waals surface area contributed by atoms with Crippen LogP contribution in [0.15, 0.2) is 34.6 Å². The molecule has 0 saturated carbocycles. The molecule has 1 unspecified atom stereocenters. The number of anilines is 1. The number of nitrogens with one attached hydrogen (secondary N) is 1. The molecule has 2 heterocycles. The topological polar surface area (TPSA) is 75.1 Å². The lowest BCUT2D eigenvalue weighted by Crippen LogP contribution is -2.10. The van der Waals surface area contributed by atoms with Crippen molar-refractivity contribution in [1.29, 1.82) is 0 Å². The van der Waals surface area contributed by atoms with E-state index in [1.807, 2.05) is 6.92 Å². The molecule has 5 nitrogen and oxygen atoms in total. The Hall–Kier alpha value is -1.63. The number of rotatable bonds is 2. The van der Waals surface area contributed by atoms with E-state index < -0.39 is 12.0 Å². The van der Waals surface area contributed by atoms with Crippen LogP contribution in [-0.4, -0.2) is 21.0 Å². The number of aliphatic hydroxyl groups excluding tert-OH is 1. The van der Waals surface area contributed by atoms with Crippen molar-refractivity contribution in [2.75, 3.05) is 5.32 Å². The molecular formula is C13H10ClN3O2S. The van der Waals surface area contributed by atoms with Crippen LogP contribution in [0.25, 0.3) is 0 Å². The molecule has 2 aromatic rings. The van der Waals surface area contributed by atoms with Crippen LogP contribution in [0.2, 0.25) is 5.02 Å². The van der Waals surface area contributed by atoms with Crippen molar-refractivity contribution >= 4 is 35.0 Å². The molecule has 0 radical (unpaired) electrons. The summed E-state index contributed by atoms with van der Waals surface area (Å²) in [5, 5.41) is 13.3. The molecular weight excluding hydrogens is 298 g/mol. The highest BCUT2D eigenvalue weighted by atomic mass is 35.5. The lowest BCUT2D eigenvalue weighted by atomic mass is 10.1. The van der Waals surface area contributed by atoms with Gasteiger partial charge in [-0.3, -0.25) is 4.79 Å². The van der Waals surface area contributed by atoms with Crippen molar-refractivity contribution in [2.24, 2.45) is 0 Å². The van der Waals surface area contributed by atoms with Gasteiger partial charge in [0.15, 0.2) is 11.3 Å². The summed E-state index contributed by atoms with van der Waals surface area (Å²) >= 11 is 7.48. The van der Waals surface area contributed by atoms with Crippen LogP contribution in [0.5, 0.6) is 0 Å². The van der Waals surface area contributed by atoms with Crippen molar-refractivity contribution in [3.05, 3.63) is 40.7 Å². The smallest absolute Gasteiger partial charge is 0.257 e. The second-order valence-corrected chi connectivity index (χ2v) is 5.82. The summed E-state index contributed by atoms with van der Waals surface area (Å²) in [6.45, 7) is 1.91. The highest BCUT2D eigenvalue weighted by molar-refractivity contribution is 7.99. The standard InChI is InChI=1S/C13H10ClN3O2S/c1-6-4-15-13(16-5-6)20-10-3-9-7(2-8(10)14)11(18)12(19)17-9/h2-5,11,18H,1H3,(H,17,19). The van der Waals surface area contributed by atoms with Gasteiger partial charge in [0.2, 0.25) is 0 Å². The number of amides is 1. The fraction of sp³-hybridized carbons (Fsp3) is 0.154. The first-order valence-electron chi connectivity index (χ1n) is 5.83. The zero-order chi connectivity index (χ0) is 14.3. The molecule has 1 aliphatic rings. The van der Waals surface area contributed by atoms with Gasteiger partial charge in [-0.15, -0.1) is 0 Å². The lowest BCUT2D eigenvalue weighted by molar-refractivity contribution is -0.123. The van der Waals surface area contributed by atoms with Gasteiger partial charge in [-0.25, -0.2) is 9.97 Å². The lowest BCUT2D eigenvalue weighted by Gasteiger charge is -2.07. The number of aryl methyl sites for hydroxylation is 1. The Morgan fingerprint density at radius 2 is 2.05 bits per heavy atom. The molecule has 3 rings (SSSR count). The van der Waals surface area contributed by atoms with Gasteiger partial charge >= 0.3 is 0 Å². The van der Waals surface area contributed by atoms with Gasteiger partial charge in [-0.05, 0) is 36.4 Å². The van der Waals surface area contributed by atoms with Crippen LogP contribution in [-0.2, 0) is 4.79 Å². The predicted molar refractivity (Wildman–Crippen MR) is 75.9 cm³/mol. The van der Waals surface area contributed by atoms with Crippen molar-refractivity contribution in [1.82, 2.24) is 9.97 Å². The minimum absolute atomic E-state index is 0.440. The SMILES string of the molecule is Cc1cnc(Sc2cc3c(cc2Cl)C(O)C(=O)N3)nc1. The number of aliphatic hydroxyl groups is 1. The summed E-state index contributed by atoms with van der Waals surface area (Å²) in [6, 6.07) is 3.32. The summed E-state index contributed by atoms with van der Waals surface area (Å²) in [5.74, 6) is -0.440. The minimum atomic E-state index is -1.16. The number of carbonyl (C=O) groups excluding carboxylic acids is 1. The Kier molecular flexibility index (Phi) is 3.37. The molecule has 0 fully saturated rings. The highest BCUT2D eigenvalue weighted by Crippen LogP contribution is 2.40. The van der Waals surface area contributed by atoms with Crippen LogP contribution in [0, 0.1) is 6.92 Å². The van der Waals surface area contributed by atoms with Gasteiger partial charge in [0.1, 0.15) is 0 Å². The number of fused-ring (bicyclic) bond motifs is 1. The van der Waals surface area contributed by atoms with E-state index in [9.17, 15) is 9.90 Å². The molecule has 7 heteroatoms. The molecule has 1 aromatic heterocycles. The van der Waals surface area contributed by atoms with E-state index in [1.165, 1.54) is 11.8 Å². The Morgan fingerprint density at radius 3 is 2.75 bits per heavy atom. The largest absolute Gasteiger partial charge is 0.378 e. The number of carbonyl (C=O) groups is 1. The maximum atomic E-state index is 11.4. The molecule has 1 amide bonds. The summed E-state index contributed by atoms with van der Waals surface area (Å²) < 4.78 is 0. The second kappa shape index (κ2) is 5.05. The summed E-state index contributed by atoms with van der Waals surface area (Å²) in [4.78, 5) is 20.5. The van der Waals surface area contributed by atoms with Crippen LogP contribution in [0.4, 0.5) is 5.69 Å². The number of aromatic nitrogens is 2. The minimum Gasteiger partial charge on any atom is -0.378 e. The Morgan fingerprint density at radius 1 is 1.35 bits per heavy atom. The molecule has 0 spiro atoms. The van der Waals surface area contributed by atoms with Crippen LogP contribution < -0.4 is 5.32 Å². The fourth-order valence-corrected chi connectivity index (χ4v) is 2.88. The van der Waals surface area contributed by atoms with Gasteiger partial charge in [-0.2, -0.15) is 0 Å². The average molecular weight is 308 g/mol. The van der Waals surface area contributed by atoms with Crippen molar-refractivity contribution in [2.45, 2.75) is 23.1 Å². The zero-order valence-corrected chi connectivity index (χ0v) is 12.0. The number of halogens is 1. The zero-order valence-electron chi connectivity index (χ0n) is 10.4. The van der Waals surface area contributed by atoms with Gasteiger partial charge in [-0.1, -0.05) is 11.6 Å². The molecule has 1 atom stereocenters. The first-order valence-corrected chi connectivity index (χ1v) is 7.03. The van der Waals surface area contributed by atoms with E-state index in [0.29, 0.717) is 21.4 Å². The van der Waals surface area contributed by atoms with Crippen molar-refractivity contribution < 1.29 is 9.90 Å². The second-order valence-electron chi connectivity index (χ2n) is 4.41. The van der Waals surface area contributed by atoms with Gasteiger partial charge in [0.05, 0.1) is 5.02 Å². The number of hydrogen-bond acceptors (Lipinski definition) is 5. The number of benzene rings is 1. The van der Waals surface area contributed by atoms with Gasteiger partial charge in [0.25, 0.3) is 5.91 Å². The molecule has 102 valence electrons. The summed E-state index contributed by atoms with van der Waals surface area (Å²) in [7, 11) is 0. The third-order valence-corrected chi connectivity index (χ3v) is 4.24. The Labute approximate surface area is 124 Å². The van der Waals surface area contributed by atoms with Gasteiger partial charge in [0, 0.05) is 28.5 Å². The third-order valence-electron chi connectivity index (χ3n) is 2.86. The monoisotopic (exact) mass is 307 g/mol. The first-order chi connectivity index (χ1) is 9.54. The van der Waals surface area contributed by atoms with E-state index in [1.54, 1.807) is 24.5 Å². The summed E-state index contributed by atoms with van der Waals surface area (Å²) in [6.07, 6.45) is 2.29. The average Bonchev–Trinajstić information content (AvgIpc) is 2.69.